The van der Waals surface area contributed by atoms with Gasteiger partial charge in [0.05, 0.1) is 0 Å². The SMILES string of the molecule is Cc1cc(C(C)(C)C)c(Br)cc1O. The van der Waals surface area contributed by atoms with Gasteiger partial charge in [0, 0.05) is 4.47 Å². The van der Waals surface area contributed by atoms with E-state index in [0.29, 0.717) is 5.75 Å². The number of phenolic OH excluding ortho intramolecular Hbond substituents is 1. The molecule has 0 unspecified atom stereocenters. The van der Waals surface area contributed by atoms with E-state index in [0.717, 1.165) is 10.0 Å². The summed E-state index contributed by atoms with van der Waals surface area (Å²) in [6.07, 6.45) is 0. The van der Waals surface area contributed by atoms with Crippen molar-refractivity contribution >= 4 is 15.9 Å². The highest BCUT2D eigenvalue weighted by Crippen LogP contribution is 2.33. The van der Waals surface area contributed by atoms with Crippen LogP contribution in [0, 0.1) is 6.92 Å². The van der Waals surface area contributed by atoms with E-state index in [1.807, 2.05) is 13.0 Å². The van der Waals surface area contributed by atoms with Gasteiger partial charge in [-0.15, -0.1) is 0 Å². The quantitative estimate of drug-likeness (QED) is 0.735. The first-order chi connectivity index (χ1) is 5.82. The Bertz CT molecular complexity index is 324. The summed E-state index contributed by atoms with van der Waals surface area (Å²) in [4.78, 5) is 0. The fraction of sp³-hybridized carbons (Fsp3) is 0.455. The molecule has 0 atom stereocenters. The maximum Gasteiger partial charge on any atom is 0.119 e. The number of aryl methyl sites for hydroxylation is 1. The third kappa shape index (κ3) is 2.25. The molecule has 0 spiro atoms. The highest BCUT2D eigenvalue weighted by Gasteiger charge is 2.18. The van der Waals surface area contributed by atoms with E-state index >= 15 is 0 Å². The monoisotopic (exact) mass is 242 g/mol. The molecule has 2 heteroatoms. The van der Waals surface area contributed by atoms with Gasteiger partial charge < -0.3 is 5.11 Å². The molecule has 1 N–H and O–H groups in total. The normalized spacial score (nSPS) is 11.8. The average molecular weight is 243 g/mol. The van der Waals surface area contributed by atoms with Crippen LogP contribution in [0.25, 0.3) is 0 Å². The number of hydrogen-bond donors (Lipinski definition) is 1. The summed E-state index contributed by atoms with van der Waals surface area (Å²) in [5.41, 5.74) is 2.26. The molecule has 0 fully saturated rings. The number of phenols is 1. The molecule has 1 aromatic carbocycles. The summed E-state index contributed by atoms with van der Waals surface area (Å²) in [5.74, 6) is 0.347. The minimum absolute atomic E-state index is 0.108. The maximum absolute atomic E-state index is 9.46. The number of halogens is 1. The first-order valence-electron chi connectivity index (χ1n) is 4.32. The van der Waals surface area contributed by atoms with Gasteiger partial charge in [-0.2, -0.15) is 0 Å². The van der Waals surface area contributed by atoms with Crippen LogP contribution >= 0.6 is 15.9 Å². The topological polar surface area (TPSA) is 20.2 Å². The molecule has 0 aromatic heterocycles. The van der Waals surface area contributed by atoms with Gasteiger partial charge in [-0.3, -0.25) is 0 Å². The molecule has 1 nitrogen and oxygen atoms in total. The molecule has 0 aliphatic carbocycles. The van der Waals surface area contributed by atoms with Crippen molar-refractivity contribution in [3.8, 4) is 5.75 Å². The maximum atomic E-state index is 9.46. The minimum Gasteiger partial charge on any atom is -0.508 e. The molecular weight excluding hydrogens is 228 g/mol. The van der Waals surface area contributed by atoms with Gasteiger partial charge in [-0.05, 0) is 29.5 Å². The molecule has 1 aromatic rings. The van der Waals surface area contributed by atoms with Gasteiger partial charge in [0.1, 0.15) is 5.75 Å². The van der Waals surface area contributed by atoms with Crippen molar-refractivity contribution < 1.29 is 5.11 Å². The lowest BCUT2D eigenvalue weighted by Gasteiger charge is -2.21. The molecule has 0 aliphatic heterocycles. The third-order valence-electron chi connectivity index (χ3n) is 2.09. The zero-order chi connectivity index (χ0) is 10.2. The second kappa shape index (κ2) is 3.33. The first-order valence-corrected chi connectivity index (χ1v) is 5.11. The van der Waals surface area contributed by atoms with E-state index < -0.39 is 0 Å². The number of hydrogen-bond acceptors (Lipinski definition) is 1. The third-order valence-corrected chi connectivity index (χ3v) is 2.75. The molecule has 0 radical (unpaired) electrons. The molecule has 0 heterocycles. The predicted octanol–water partition coefficient (Wildman–Crippen LogP) is 3.76. The molecule has 0 aliphatic rings. The van der Waals surface area contributed by atoms with Crippen LogP contribution in [0.3, 0.4) is 0 Å². The smallest absolute Gasteiger partial charge is 0.119 e. The van der Waals surface area contributed by atoms with E-state index in [-0.39, 0.29) is 5.41 Å². The second-order valence-corrected chi connectivity index (χ2v) is 5.22. The van der Waals surface area contributed by atoms with Crippen LogP contribution < -0.4 is 0 Å². The Morgan fingerprint density at radius 2 is 1.77 bits per heavy atom. The molecule has 1 rings (SSSR count). The Labute approximate surface area is 87.9 Å². The lowest BCUT2D eigenvalue weighted by atomic mass is 9.86. The van der Waals surface area contributed by atoms with E-state index in [4.69, 9.17) is 0 Å². The van der Waals surface area contributed by atoms with Crippen LogP contribution in [-0.4, -0.2) is 5.11 Å². The van der Waals surface area contributed by atoms with Gasteiger partial charge >= 0.3 is 0 Å². The van der Waals surface area contributed by atoms with Gasteiger partial charge in [-0.1, -0.05) is 42.8 Å². The number of rotatable bonds is 0. The molecular formula is C11H15BrO. The lowest BCUT2D eigenvalue weighted by molar-refractivity contribution is 0.469. The fourth-order valence-electron chi connectivity index (χ4n) is 1.25. The van der Waals surface area contributed by atoms with E-state index in [1.165, 1.54) is 5.56 Å². The van der Waals surface area contributed by atoms with E-state index in [2.05, 4.69) is 36.7 Å². The van der Waals surface area contributed by atoms with Crippen LogP contribution in [0.1, 0.15) is 31.9 Å². The zero-order valence-corrected chi connectivity index (χ0v) is 10.1. The van der Waals surface area contributed by atoms with E-state index in [1.54, 1.807) is 6.07 Å². The zero-order valence-electron chi connectivity index (χ0n) is 8.48. The van der Waals surface area contributed by atoms with Crippen LogP contribution in [0.5, 0.6) is 5.75 Å². The Balaban J connectivity index is 3.32. The number of benzene rings is 1. The summed E-state index contributed by atoms with van der Waals surface area (Å²) in [7, 11) is 0. The predicted molar refractivity (Wildman–Crippen MR) is 59.2 cm³/mol. The van der Waals surface area contributed by atoms with Crippen molar-refractivity contribution in [1.82, 2.24) is 0 Å². The minimum atomic E-state index is 0.108. The molecule has 0 saturated carbocycles. The van der Waals surface area contributed by atoms with Crippen molar-refractivity contribution in [3.05, 3.63) is 27.7 Å². The van der Waals surface area contributed by atoms with Crippen LogP contribution in [0.15, 0.2) is 16.6 Å². The molecule has 0 bridgehead atoms. The molecule has 0 saturated heterocycles. The van der Waals surface area contributed by atoms with Gasteiger partial charge in [0.2, 0.25) is 0 Å². The Kier molecular flexibility index (Phi) is 2.71. The van der Waals surface area contributed by atoms with E-state index in [9.17, 15) is 5.11 Å². The summed E-state index contributed by atoms with van der Waals surface area (Å²) in [6.45, 7) is 8.38. The number of aromatic hydroxyl groups is 1. The molecule has 72 valence electrons. The Morgan fingerprint density at radius 3 is 2.23 bits per heavy atom. The highest BCUT2D eigenvalue weighted by molar-refractivity contribution is 9.10. The largest absolute Gasteiger partial charge is 0.508 e. The van der Waals surface area contributed by atoms with Gasteiger partial charge in [0.25, 0.3) is 0 Å². The van der Waals surface area contributed by atoms with Crippen molar-refractivity contribution in [2.24, 2.45) is 0 Å². The van der Waals surface area contributed by atoms with Crippen LogP contribution in [0.2, 0.25) is 0 Å². The summed E-state index contributed by atoms with van der Waals surface area (Å²) in [5, 5.41) is 9.46. The van der Waals surface area contributed by atoms with Crippen LogP contribution in [-0.2, 0) is 5.41 Å². The van der Waals surface area contributed by atoms with Crippen molar-refractivity contribution in [2.75, 3.05) is 0 Å². The molecule has 0 amide bonds. The van der Waals surface area contributed by atoms with Crippen LogP contribution in [0.4, 0.5) is 0 Å². The fourth-order valence-corrected chi connectivity index (χ4v) is 2.17. The summed E-state index contributed by atoms with van der Waals surface area (Å²) >= 11 is 3.46. The van der Waals surface area contributed by atoms with Gasteiger partial charge in [-0.25, -0.2) is 0 Å². The second-order valence-electron chi connectivity index (χ2n) is 4.37. The Morgan fingerprint density at radius 1 is 1.23 bits per heavy atom. The van der Waals surface area contributed by atoms with Crippen molar-refractivity contribution in [3.63, 3.8) is 0 Å². The highest BCUT2D eigenvalue weighted by atomic mass is 79.9. The van der Waals surface area contributed by atoms with Crippen molar-refractivity contribution in [2.45, 2.75) is 33.1 Å². The first kappa shape index (κ1) is 10.6. The molecule has 13 heavy (non-hydrogen) atoms. The standard InChI is InChI=1S/C11H15BrO/c1-7-5-8(11(2,3)4)9(12)6-10(7)13/h5-6,13H,1-4H3. The average Bonchev–Trinajstić information content (AvgIpc) is 1.94. The summed E-state index contributed by atoms with van der Waals surface area (Å²) in [6, 6.07) is 3.79. The Hall–Kier alpha value is -0.500. The summed E-state index contributed by atoms with van der Waals surface area (Å²) < 4.78 is 0.975. The lowest BCUT2D eigenvalue weighted by Crippen LogP contribution is -2.12. The van der Waals surface area contributed by atoms with Crippen molar-refractivity contribution in [1.29, 1.82) is 0 Å². The van der Waals surface area contributed by atoms with Gasteiger partial charge in [0.15, 0.2) is 0 Å².